The molecule has 214 valence electrons. The lowest BCUT2D eigenvalue weighted by Gasteiger charge is -2.33. The minimum absolute atomic E-state index is 0.0599. The molecule has 0 aliphatic carbocycles. The van der Waals surface area contributed by atoms with Gasteiger partial charge in [0.15, 0.2) is 0 Å². The lowest BCUT2D eigenvalue weighted by molar-refractivity contribution is 0.00546. The van der Waals surface area contributed by atoms with Crippen LogP contribution in [0.15, 0.2) is 76.5 Å². The number of halogens is 2. The second kappa shape index (κ2) is 12.6. The predicted octanol–water partition coefficient (Wildman–Crippen LogP) is 6.43. The molecule has 3 aromatic rings. The first kappa shape index (κ1) is 31.4. The van der Waals surface area contributed by atoms with Gasteiger partial charge in [-0.1, -0.05) is 53.5 Å². The maximum Gasteiger partial charge on any atom is 0.410 e. The monoisotopic (exact) mass is 607 g/mol. The Morgan fingerprint density at radius 1 is 1.00 bits per heavy atom. The van der Waals surface area contributed by atoms with Crippen molar-refractivity contribution >= 4 is 45.1 Å². The molecule has 2 atom stereocenters. The van der Waals surface area contributed by atoms with Gasteiger partial charge in [-0.2, -0.15) is 0 Å². The normalized spacial score (nSPS) is 13.4. The minimum Gasteiger partial charge on any atom is -0.478 e. The van der Waals surface area contributed by atoms with Gasteiger partial charge in [0.05, 0.1) is 33.0 Å². The van der Waals surface area contributed by atoms with Gasteiger partial charge in [0, 0.05) is 11.1 Å². The topological polar surface area (TPSA) is 121 Å². The molecule has 0 saturated heterocycles. The van der Waals surface area contributed by atoms with Crippen molar-refractivity contribution in [2.45, 2.75) is 61.7 Å². The van der Waals surface area contributed by atoms with Crippen molar-refractivity contribution in [3.63, 3.8) is 0 Å². The van der Waals surface area contributed by atoms with Crippen LogP contribution in [0.2, 0.25) is 10.0 Å². The average molecular weight is 609 g/mol. The van der Waals surface area contributed by atoms with Crippen LogP contribution in [-0.4, -0.2) is 53.8 Å². The highest BCUT2D eigenvalue weighted by Gasteiger charge is 2.30. The number of carboxylic acids is 1. The molecule has 1 amide bonds. The Labute approximate surface area is 244 Å². The first-order valence-electron chi connectivity index (χ1n) is 12.4. The Hall–Kier alpha value is -3.11. The van der Waals surface area contributed by atoms with Crippen molar-refractivity contribution in [3.8, 4) is 0 Å². The van der Waals surface area contributed by atoms with E-state index in [1.165, 1.54) is 35.2 Å². The molecule has 2 N–H and O–H groups in total. The van der Waals surface area contributed by atoms with E-state index in [2.05, 4.69) is 0 Å². The number of nitrogens with zero attached hydrogens (tertiary/aromatic N) is 1. The molecule has 0 saturated carbocycles. The van der Waals surface area contributed by atoms with Gasteiger partial charge in [0.2, 0.25) is 9.84 Å². The summed E-state index contributed by atoms with van der Waals surface area (Å²) in [6, 6.07) is 16.1. The SMILES string of the molecule is C[C@H](Cc1ccc(S(=O)(=O)c2cccc(Cl)c2C(=O)O)cc1)N(C[C@@H](O)c1cccc(Cl)c1)C(=O)OC(C)(C)C. The number of aliphatic hydroxyl groups is 1. The van der Waals surface area contributed by atoms with Crippen LogP contribution in [0.4, 0.5) is 4.79 Å². The second-order valence-corrected chi connectivity index (χ2v) is 13.1. The van der Waals surface area contributed by atoms with E-state index in [0.717, 1.165) is 0 Å². The van der Waals surface area contributed by atoms with Crippen LogP contribution in [0.25, 0.3) is 0 Å². The van der Waals surface area contributed by atoms with Crippen molar-refractivity contribution in [3.05, 3.63) is 93.5 Å². The molecule has 0 spiro atoms. The summed E-state index contributed by atoms with van der Waals surface area (Å²) in [5.41, 5.74) is 0.000735. The molecular weight excluding hydrogens is 577 g/mol. The highest BCUT2D eigenvalue weighted by atomic mass is 35.5. The Kier molecular flexibility index (Phi) is 9.89. The maximum absolute atomic E-state index is 13.2. The van der Waals surface area contributed by atoms with Gasteiger partial charge in [0.1, 0.15) is 5.60 Å². The van der Waals surface area contributed by atoms with Crippen molar-refractivity contribution < 1.29 is 33.0 Å². The fourth-order valence-electron chi connectivity index (χ4n) is 4.08. The Morgan fingerprint density at radius 2 is 1.62 bits per heavy atom. The number of benzene rings is 3. The maximum atomic E-state index is 13.2. The van der Waals surface area contributed by atoms with Gasteiger partial charge in [-0.3, -0.25) is 0 Å². The molecule has 40 heavy (non-hydrogen) atoms. The number of carboxylic acid groups (broad SMARTS) is 1. The molecule has 0 aromatic heterocycles. The smallest absolute Gasteiger partial charge is 0.410 e. The molecule has 0 radical (unpaired) electrons. The molecule has 11 heteroatoms. The number of ether oxygens (including phenoxy) is 1. The summed E-state index contributed by atoms with van der Waals surface area (Å²) in [4.78, 5) is 25.7. The van der Waals surface area contributed by atoms with Gasteiger partial charge >= 0.3 is 12.1 Å². The van der Waals surface area contributed by atoms with E-state index in [9.17, 15) is 28.2 Å². The summed E-state index contributed by atoms with van der Waals surface area (Å²) in [6.07, 6.45) is -1.32. The number of rotatable bonds is 9. The van der Waals surface area contributed by atoms with Crippen LogP contribution in [0.5, 0.6) is 0 Å². The number of aromatic carboxylic acids is 1. The molecule has 0 aliphatic heterocycles. The summed E-state index contributed by atoms with van der Waals surface area (Å²) in [7, 11) is -4.18. The van der Waals surface area contributed by atoms with Crippen LogP contribution >= 0.6 is 23.2 Å². The summed E-state index contributed by atoms with van der Waals surface area (Å²) >= 11 is 12.0. The minimum atomic E-state index is -4.18. The number of sulfone groups is 1. The first-order chi connectivity index (χ1) is 18.6. The summed E-state index contributed by atoms with van der Waals surface area (Å²) in [5, 5.41) is 20.6. The Bertz CT molecular complexity index is 1480. The van der Waals surface area contributed by atoms with Crippen LogP contribution < -0.4 is 0 Å². The van der Waals surface area contributed by atoms with Crippen LogP contribution in [-0.2, 0) is 21.0 Å². The summed E-state index contributed by atoms with van der Waals surface area (Å²) in [6.45, 7) is 6.97. The number of aliphatic hydroxyl groups excluding tert-OH is 1. The van der Waals surface area contributed by atoms with Crippen LogP contribution in [0.3, 0.4) is 0 Å². The molecule has 3 rings (SSSR count). The zero-order valence-electron chi connectivity index (χ0n) is 22.5. The van der Waals surface area contributed by atoms with Gasteiger partial charge in [-0.05, 0) is 81.6 Å². The zero-order chi connectivity index (χ0) is 29.8. The van der Waals surface area contributed by atoms with Gasteiger partial charge in [-0.15, -0.1) is 0 Å². The largest absolute Gasteiger partial charge is 0.478 e. The van der Waals surface area contributed by atoms with Gasteiger partial charge in [0.25, 0.3) is 0 Å². The third-order valence-electron chi connectivity index (χ3n) is 6.01. The van der Waals surface area contributed by atoms with Crippen molar-refractivity contribution in [2.75, 3.05) is 6.54 Å². The highest BCUT2D eigenvalue weighted by Crippen LogP contribution is 2.29. The summed E-state index contributed by atoms with van der Waals surface area (Å²) in [5.74, 6) is -1.45. The fourth-order valence-corrected chi connectivity index (χ4v) is 6.06. The van der Waals surface area contributed by atoms with E-state index < -0.39 is 50.1 Å². The van der Waals surface area contributed by atoms with Gasteiger partial charge in [-0.25, -0.2) is 18.0 Å². The Morgan fingerprint density at radius 3 is 2.20 bits per heavy atom. The average Bonchev–Trinajstić information content (AvgIpc) is 2.85. The predicted molar refractivity (Wildman–Crippen MR) is 153 cm³/mol. The lowest BCUT2D eigenvalue weighted by Crippen LogP contribution is -2.45. The van der Waals surface area contributed by atoms with Crippen molar-refractivity contribution in [1.82, 2.24) is 4.90 Å². The first-order valence-corrected chi connectivity index (χ1v) is 14.6. The summed E-state index contributed by atoms with van der Waals surface area (Å²) < 4.78 is 32.0. The zero-order valence-corrected chi connectivity index (χ0v) is 24.8. The van der Waals surface area contributed by atoms with E-state index in [1.54, 1.807) is 64.1 Å². The molecular formula is C29H31Cl2NO7S. The number of hydrogen-bond donors (Lipinski definition) is 2. The van der Waals surface area contributed by atoms with Crippen LogP contribution in [0, 0.1) is 0 Å². The van der Waals surface area contributed by atoms with Gasteiger partial charge < -0.3 is 19.8 Å². The molecule has 8 nitrogen and oxygen atoms in total. The van der Waals surface area contributed by atoms with E-state index in [0.29, 0.717) is 22.6 Å². The van der Waals surface area contributed by atoms with E-state index >= 15 is 0 Å². The molecule has 0 heterocycles. The standard InChI is InChI=1S/C29H31Cl2NO7S/c1-18(32(28(36)39-29(2,3)4)17-24(33)20-7-5-8-21(30)16-20)15-19-11-13-22(14-12-19)40(37,38)25-10-6-9-23(31)26(25)27(34)35/h5-14,16,18,24,33H,15,17H2,1-4H3,(H,34,35)/t18-,24-/m1/s1. The number of hydrogen-bond acceptors (Lipinski definition) is 6. The third kappa shape index (κ3) is 7.75. The molecule has 0 unspecified atom stereocenters. The molecule has 0 aliphatic rings. The van der Waals surface area contributed by atoms with Crippen LogP contribution in [0.1, 0.15) is 55.3 Å². The lowest BCUT2D eigenvalue weighted by atomic mass is 10.0. The molecule has 3 aromatic carbocycles. The number of carbonyl (C=O) groups excluding carboxylic acids is 1. The highest BCUT2D eigenvalue weighted by molar-refractivity contribution is 7.91. The van der Waals surface area contributed by atoms with Crippen molar-refractivity contribution in [2.24, 2.45) is 0 Å². The molecule has 0 fully saturated rings. The fraction of sp³-hybridized carbons (Fsp3) is 0.310. The van der Waals surface area contributed by atoms with Crippen molar-refractivity contribution in [1.29, 1.82) is 0 Å². The number of amides is 1. The third-order valence-corrected chi connectivity index (χ3v) is 8.37. The number of carbonyl (C=O) groups is 2. The van der Waals surface area contributed by atoms with E-state index in [1.807, 2.05) is 0 Å². The van der Waals surface area contributed by atoms with E-state index in [-0.39, 0.29) is 16.5 Å². The Balaban J connectivity index is 1.85. The second-order valence-electron chi connectivity index (χ2n) is 10.3. The molecule has 0 bridgehead atoms. The quantitative estimate of drug-likeness (QED) is 0.287. The van der Waals surface area contributed by atoms with E-state index in [4.69, 9.17) is 27.9 Å².